The molecule has 2 aromatic carbocycles. The molecule has 4 rings (SSSR count). The Labute approximate surface area is 174 Å². The molecule has 1 unspecified atom stereocenters. The summed E-state index contributed by atoms with van der Waals surface area (Å²) in [6.07, 6.45) is 1.76. The number of para-hydroxylation sites is 1. The number of amides is 1. The summed E-state index contributed by atoms with van der Waals surface area (Å²) in [5, 5.41) is 13.8. The van der Waals surface area contributed by atoms with E-state index in [1.165, 1.54) is 6.07 Å². The maximum atomic E-state index is 13.5. The van der Waals surface area contributed by atoms with Crippen LogP contribution in [0.2, 0.25) is 0 Å². The van der Waals surface area contributed by atoms with Gasteiger partial charge in [0.05, 0.1) is 21.1 Å². The largest absolute Gasteiger partial charge is 0.325 e. The van der Waals surface area contributed by atoms with Crippen molar-refractivity contribution in [3.05, 3.63) is 68.7 Å². The lowest BCUT2D eigenvalue weighted by atomic mass is 10.2. The third-order valence-corrected chi connectivity index (χ3v) is 5.82. The lowest BCUT2D eigenvalue weighted by Crippen LogP contribution is -2.26. The van der Waals surface area contributed by atoms with Crippen LogP contribution in [0.15, 0.2) is 52.4 Å². The summed E-state index contributed by atoms with van der Waals surface area (Å²) >= 11 is 1.14. The molecule has 0 saturated heterocycles. The Hall–Kier alpha value is -3.27. The zero-order valence-corrected chi connectivity index (χ0v) is 16.7. The number of benzene rings is 2. The molecule has 1 saturated carbocycles. The van der Waals surface area contributed by atoms with E-state index in [0.717, 1.165) is 36.7 Å². The fourth-order valence-corrected chi connectivity index (χ4v) is 4.03. The molecular formula is C20H17FN4O4S. The first-order valence-corrected chi connectivity index (χ1v) is 10.2. The Morgan fingerprint density at radius 2 is 2.07 bits per heavy atom. The number of hydrogen-bond acceptors (Lipinski definition) is 6. The van der Waals surface area contributed by atoms with Gasteiger partial charge in [-0.1, -0.05) is 23.9 Å². The molecule has 1 N–H and O–H groups in total. The van der Waals surface area contributed by atoms with Crippen molar-refractivity contribution in [2.24, 2.45) is 0 Å². The van der Waals surface area contributed by atoms with Crippen LogP contribution < -0.4 is 10.9 Å². The quantitative estimate of drug-likeness (QED) is 0.276. The first-order chi connectivity index (χ1) is 14.3. The molecule has 1 aromatic heterocycles. The molecule has 1 amide bonds. The number of aromatic nitrogens is 2. The van der Waals surface area contributed by atoms with Gasteiger partial charge in [-0.15, -0.1) is 0 Å². The van der Waals surface area contributed by atoms with Crippen LogP contribution in [0, 0.1) is 15.9 Å². The molecule has 10 heteroatoms. The summed E-state index contributed by atoms with van der Waals surface area (Å²) < 4.78 is 15.1. The predicted molar refractivity (Wildman–Crippen MR) is 111 cm³/mol. The van der Waals surface area contributed by atoms with Crippen molar-refractivity contribution in [3.63, 3.8) is 0 Å². The lowest BCUT2D eigenvalue weighted by molar-refractivity contribution is -0.387. The van der Waals surface area contributed by atoms with Gasteiger partial charge in [-0.05, 0) is 44.0 Å². The van der Waals surface area contributed by atoms with Crippen molar-refractivity contribution >= 4 is 39.9 Å². The number of nitro benzene ring substituents is 1. The van der Waals surface area contributed by atoms with Crippen LogP contribution in [0.25, 0.3) is 10.9 Å². The van der Waals surface area contributed by atoms with Crippen molar-refractivity contribution in [2.45, 2.75) is 36.2 Å². The second-order valence-corrected chi connectivity index (χ2v) is 8.30. The van der Waals surface area contributed by atoms with E-state index in [2.05, 4.69) is 10.3 Å². The minimum absolute atomic E-state index is 0.0760. The van der Waals surface area contributed by atoms with Gasteiger partial charge < -0.3 is 5.32 Å². The van der Waals surface area contributed by atoms with Crippen LogP contribution >= 0.6 is 11.8 Å². The highest BCUT2D eigenvalue weighted by Gasteiger charge is 2.30. The summed E-state index contributed by atoms with van der Waals surface area (Å²) in [4.78, 5) is 40.2. The van der Waals surface area contributed by atoms with Gasteiger partial charge in [0.2, 0.25) is 11.7 Å². The standard InChI is InChI=1S/C20H17FN4O4S/c1-11(18(26)22-12-6-9-15(21)17(10-12)25(28)29)30-20-23-16-5-3-2-4-14(16)19(27)24(20)13-7-8-13/h2-6,9-11,13H,7-8H2,1H3,(H,22,26). The van der Waals surface area contributed by atoms with Crippen LogP contribution in [0.3, 0.4) is 0 Å². The summed E-state index contributed by atoms with van der Waals surface area (Å²) in [5.41, 5.74) is -0.172. The monoisotopic (exact) mass is 428 g/mol. The fraction of sp³-hybridized carbons (Fsp3) is 0.250. The number of carbonyl (C=O) groups excluding carboxylic acids is 1. The zero-order chi connectivity index (χ0) is 21.4. The van der Waals surface area contributed by atoms with Crippen LogP contribution in [0.1, 0.15) is 25.8 Å². The molecular weight excluding hydrogens is 411 g/mol. The highest BCUT2D eigenvalue weighted by Crippen LogP contribution is 2.37. The minimum Gasteiger partial charge on any atom is -0.325 e. The number of nitrogens with one attached hydrogen (secondary N) is 1. The molecule has 1 heterocycles. The van der Waals surface area contributed by atoms with Gasteiger partial charge in [-0.3, -0.25) is 24.3 Å². The Balaban J connectivity index is 1.59. The Morgan fingerprint density at radius 1 is 1.33 bits per heavy atom. The first-order valence-electron chi connectivity index (χ1n) is 9.28. The Bertz CT molecular complexity index is 1230. The highest BCUT2D eigenvalue weighted by atomic mass is 32.2. The average molecular weight is 428 g/mol. The summed E-state index contributed by atoms with van der Waals surface area (Å²) in [6, 6.07) is 10.3. The van der Waals surface area contributed by atoms with Gasteiger partial charge in [0.1, 0.15) is 0 Å². The van der Waals surface area contributed by atoms with Crippen molar-refractivity contribution < 1.29 is 14.1 Å². The molecule has 0 spiro atoms. The Kier molecular flexibility index (Phi) is 5.25. The van der Waals surface area contributed by atoms with Gasteiger partial charge >= 0.3 is 5.69 Å². The van der Waals surface area contributed by atoms with Crippen LogP contribution in [-0.4, -0.2) is 25.6 Å². The number of halogens is 1. The van der Waals surface area contributed by atoms with Gasteiger partial charge in [0.25, 0.3) is 5.56 Å². The van der Waals surface area contributed by atoms with E-state index in [0.29, 0.717) is 16.1 Å². The summed E-state index contributed by atoms with van der Waals surface area (Å²) in [6.45, 7) is 1.65. The minimum atomic E-state index is -0.978. The maximum absolute atomic E-state index is 13.5. The first kappa shape index (κ1) is 20.0. The van der Waals surface area contributed by atoms with Crippen molar-refractivity contribution in [3.8, 4) is 0 Å². The van der Waals surface area contributed by atoms with E-state index in [4.69, 9.17) is 0 Å². The third kappa shape index (κ3) is 3.90. The zero-order valence-electron chi connectivity index (χ0n) is 15.9. The fourth-order valence-electron chi connectivity index (χ4n) is 3.05. The number of rotatable bonds is 6. The van der Waals surface area contributed by atoms with Gasteiger partial charge in [-0.2, -0.15) is 4.39 Å². The van der Waals surface area contributed by atoms with Crippen LogP contribution in [0.5, 0.6) is 0 Å². The predicted octanol–water partition coefficient (Wildman–Crippen LogP) is 3.90. The van der Waals surface area contributed by atoms with E-state index in [9.17, 15) is 24.1 Å². The van der Waals surface area contributed by atoms with Gasteiger partial charge in [0, 0.05) is 17.8 Å². The molecule has 3 aromatic rings. The number of thioether (sulfide) groups is 1. The molecule has 1 aliphatic rings. The highest BCUT2D eigenvalue weighted by molar-refractivity contribution is 8.00. The molecule has 0 radical (unpaired) electrons. The summed E-state index contributed by atoms with van der Waals surface area (Å²) in [7, 11) is 0. The molecule has 1 fully saturated rings. The number of hydrogen-bond donors (Lipinski definition) is 1. The molecule has 154 valence electrons. The van der Waals surface area contributed by atoms with Gasteiger partial charge in [-0.25, -0.2) is 4.98 Å². The molecule has 1 atom stereocenters. The molecule has 0 aliphatic heterocycles. The summed E-state index contributed by atoms with van der Waals surface area (Å²) in [5.74, 6) is -1.42. The van der Waals surface area contributed by atoms with Crippen molar-refractivity contribution in [1.29, 1.82) is 0 Å². The number of carbonyl (C=O) groups is 1. The number of nitro groups is 1. The van der Waals surface area contributed by atoms with E-state index < -0.39 is 27.6 Å². The molecule has 0 bridgehead atoms. The molecule has 30 heavy (non-hydrogen) atoms. The normalized spacial score (nSPS) is 14.5. The van der Waals surface area contributed by atoms with E-state index in [-0.39, 0.29) is 17.3 Å². The molecule has 1 aliphatic carbocycles. The third-order valence-electron chi connectivity index (χ3n) is 4.75. The maximum Gasteiger partial charge on any atom is 0.306 e. The second-order valence-electron chi connectivity index (χ2n) is 6.99. The Morgan fingerprint density at radius 3 is 2.77 bits per heavy atom. The van der Waals surface area contributed by atoms with Gasteiger partial charge in [0.15, 0.2) is 5.16 Å². The van der Waals surface area contributed by atoms with Crippen LogP contribution in [-0.2, 0) is 4.79 Å². The number of anilines is 1. The SMILES string of the molecule is CC(Sc1nc2ccccc2c(=O)n1C1CC1)C(=O)Nc1ccc(F)c([N+](=O)[O-])c1. The topological polar surface area (TPSA) is 107 Å². The van der Waals surface area contributed by atoms with E-state index in [1.807, 2.05) is 0 Å². The number of fused-ring (bicyclic) bond motifs is 1. The molecule has 8 nitrogen and oxygen atoms in total. The smallest absolute Gasteiger partial charge is 0.306 e. The lowest BCUT2D eigenvalue weighted by Gasteiger charge is -2.16. The second kappa shape index (κ2) is 7.86. The van der Waals surface area contributed by atoms with Crippen molar-refractivity contribution in [1.82, 2.24) is 9.55 Å². The van der Waals surface area contributed by atoms with Crippen molar-refractivity contribution in [2.75, 3.05) is 5.32 Å². The van der Waals surface area contributed by atoms with E-state index >= 15 is 0 Å². The average Bonchev–Trinajstić information content (AvgIpc) is 3.54. The van der Waals surface area contributed by atoms with Crippen LogP contribution in [0.4, 0.5) is 15.8 Å². The van der Waals surface area contributed by atoms with E-state index in [1.54, 1.807) is 35.8 Å². The number of nitrogens with zero attached hydrogens (tertiary/aromatic N) is 3.